The smallest absolute Gasteiger partial charge is 0.221 e. The van der Waals surface area contributed by atoms with Gasteiger partial charge in [-0.3, -0.25) is 4.79 Å². The SMILES string of the molecule is CCC(C)C(C)NCc1sccc1NC(C)=O. The van der Waals surface area contributed by atoms with Gasteiger partial charge in [0.25, 0.3) is 0 Å². The number of amides is 1. The van der Waals surface area contributed by atoms with Crippen LogP contribution in [0, 0.1) is 5.92 Å². The van der Waals surface area contributed by atoms with Gasteiger partial charge in [-0.25, -0.2) is 0 Å². The van der Waals surface area contributed by atoms with Crippen LogP contribution in [0.15, 0.2) is 11.4 Å². The lowest BCUT2D eigenvalue weighted by atomic mass is 10.0. The topological polar surface area (TPSA) is 41.1 Å². The van der Waals surface area contributed by atoms with Crippen LogP contribution in [-0.2, 0) is 11.3 Å². The van der Waals surface area contributed by atoms with E-state index in [1.54, 1.807) is 11.3 Å². The summed E-state index contributed by atoms with van der Waals surface area (Å²) >= 11 is 1.68. The first-order valence-electron chi connectivity index (χ1n) is 6.12. The summed E-state index contributed by atoms with van der Waals surface area (Å²) in [5, 5.41) is 8.37. The van der Waals surface area contributed by atoms with E-state index >= 15 is 0 Å². The van der Waals surface area contributed by atoms with Crippen LogP contribution in [0.5, 0.6) is 0 Å². The quantitative estimate of drug-likeness (QED) is 0.818. The van der Waals surface area contributed by atoms with Gasteiger partial charge < -0.3 is 10.6 Å². The van der Waals surface area contributed by atoms with Gasteiger partial charge >= 0.3 is 0 Å². The second-order valence-corrected chi connectivity index (χ2v) is 5.49. The number of hydrogen-bond acceptors (Lipinski definition) is 3. The molecular weight excluding hydrogens is 232 g/mol. The van der Waals surface area contributed by atoms with Gasteiger partial charge in [-0.1, -0.05) is 20.3 Å². The summed E-state index contributed by atoms with van der Waals surface area (Å²) in [6.45, 7) is 9.02. The van der Waals surface area contributed by atoms with E-state index in [4.69, 9.17) is 0 Å². The van der Waals surface area contributed by atoms with Crippen LogP contribution in [0.1, 0.15) is 39.0 Å². The minimum Gasteiger partial charge on any atom is -0.325 e. The highest BCUT2D eigenvalue weighted by Crippen LogP contribution is 2.22. The maximum absolute atomic E-state index is 11.0. The van der Waals surface area contributed by atoms with Gasteiger partial charge in [0.1, 0.15) is 0 Å². The summed E-state index contributed by atoms with van der Waals surface area (Å²) in [6, 6.07) is 2.45. The van der Waals surface area contributed by atoms with Crippen molar-refractivity contribution in [3.05, 3.63) is 16.3 Å². The van der Waals surface area contributed by atoms with Crippen molar-refractivity contribution in [2.45, 2.75) is 46.7 Å². The Morgan fingerprint density at radius 2 is 2.18 bits per heavy atom. The van der Waals surface area contributed by atoms with E-state index in [-0.39, 0.29) is 5.91 Å². The molecule has 17 heavy (non-hydrogen) atoms. The Labute approximate surface area is 108 Å². The fourth-order valence-electron chi connectivity index (χ4n) is 1.59. The number of nitrogens with one attached hydrogen (secondary N) is 2. The van der Waals surface area contributed by atoms with Gasteiger partial charge in [-0.2, -0.15) is 0 Å². The molecule has 0 saturated heterocycles. The molecule has 1 amide bonds. The van der Waals surface area contributed by atoms with E-state index in [0.29, 0.717) is 12.0 Å². The summed E-state index contributed by atoms with van der Waals surface area (Å²) in [5.74, 6) is 0.652. The minimum absolute atomic E-state index is 0.0142. The van der Waals surface area contributed by atoms with Gasteiger partial charge in [0.05, 0.1) is 5.69 Å². The first kappa shape index (κ1) is 14.2. The van der Waals surface area contributed by atoms with Crippen molar-refractivity contribution < 1.29 is 4.79 Å². The lowest BCUT2D eigenvalue weighted by Crippen LogP contribution is -2.31. The van der Waals surface area contributed by atoms with E-state index in [1.807, 2.05) is 11.4 Å². The van der Waals surface area contributed by atoms with E-state index in [9.17, 15) is 4.79 Å². The second-order valence-electron chi connectivity index (χ2n) is 4.49. The molecule has 1 heterocycles. The third kappa shape index (κ3) is 4.48. The number of thiophene rings is 1. The highest BCUT2D eigenvalue weighted by Gasteiger charge is 2.11. The van der Waals surface area contributed by atoms with Gasteiger partial charge in [0.2, 0.25) is 5.91 Å². The highest BCUT2D eigenvalue weighted by atomic mass is 32.1. The molecule has 2 unspecified atom stereocenters. The molecule has 0 saturated carbocycles. The molecule has 1 aromatic rings. The third-order valence-electron chi connectivity index (χ3n) is 3.14. The van der Waals surface area contributed by atoms with Crippen LogP contribution in [0.4, 0.5) is 5.69 Å². The van der Waals surface area contributed by atoms with Crippen LogP contribution in [0.3, 0.4) is 0 Å². The van der Waals surface area contributed by atoms with Crippen molar-refractivity contribution in [3.63, 3.8) is 0 Å². The third-order valence-corrected chi connectivity index (χ3v) is 4.06. The number of rotatable bonds is 6. The van der Waals surface area contributed by atoms with E-state index < -0.39 is 0 Å². The average molecular weight is 254 g/mol. The molecule has 1 rings (SSSR count). The first-order chi connectivity index (χ1) is 8.04. The Bertz CT molecular complexity index is 362. The van der Waals surface area contributed by atoms with Crippen LogP contribution in [-0.4, -0.2) is 11.9 Å². The van der Waals surface area contributed by atoms with Gasteiger partial charge in [0, 0.05) is 24.4 Å². The van der Waals surface area contributed by atoms with Crippen LogP contribution >= 0.6 is 11.3 Å². The number of carbonyl (C=O) groups excluding carboxylic acids is 1. The highest BCUT2D eigenvalue weighted by molar-refractivity contribution is 7.10. The molecule has 0 fully saturated rings. The molecule has 1 aromatic heterocycles. The molecule has 0 spiro atoms. The molecule has 0 bridgehead atoms. The maximum Gasteiger partial charge on any atom is 0.221 e. The standard InChI is InChI=1S/C13H22N2OS/c1-5-9(2)10(3)14-8-13-12(6-7-17-13)15-11(4)16/h6-7,9-10,14H,5,8H2,1-4H3,(H,15,16). The van der Waals surface area contributed by atoms with Crippen molar-refractivity contribution >= 4 is 22.9 Å². The monoisotopic (exact) mass is 254 g/mol. The van der Waals surface area contributed by atoms with Crippen molar-refractivity contribution in [2.24, 2.45) is 5.92 Å². The lowest BCUT2D eigenvalue weighted by molar-refractivity contribution is -0.114. The fourth-order valence-corrected chi connectivity index (χ4v) is 2.37. The van der Waals surface area contributed by atoms with Crippen molar-refractivity contribution in [3.8, 4) is 0 Å². The molecule has 3 nitrogen and oxygen atoms in total. The molecule has 4 heteroatoms. The van der Waals surface area contributed by atoms with Gasteiger partial charge in [-0.15, -0.1) is 11.3 Å². The summed E-state index contributed by atoms with van der Waals surface area (Å²) in [4.78, 5) is 12.2. The van der Waals surface area contributed by atoms with Crippen molar-refractivity contribution in [2.75, 3.05) is 5.32 Å². The van der Waals surface area contributed by atoms with E-state index in [2.05, 4.69) is 31.4 Å². The summed E-state index contributed by atoms with van der Waals surface area (Å²) < 4.78 is 0. The van der Waals surface area contributed by atoms with Crippen LogP contribution < -0.4 is 10.6 Å². The lowest BCUT2D eigenvalue weighted by Gasteiger charge is -2.19. The van der Waals surface area contributed by atoms with Crippen molar-refractivity contribution in [1.82, 2.24) is 5.32 Å². The number of carbonyl (C=O) groups is 1. The molecule has 0 aliphatic rings. The van der Waals surface area contributed by atoms with E-state index in [0.717, 1.165) is 12.2 Å². The molecule has 2 atom stereocenters. The van der Waals surface area contributed by atoms with Crippen molar-refractivity contribution in [1.29, 1.82) is 0 Å². The summed E-state index contributed by atoms with van der Waals surface area (Å²) in [5.41, 5.74) is 0.936. The first-order valence-corrected chi connectivity index (χ1v) is 6.99. The summed E-state index contributed by atoms with van der Waals surface area (Å²) in [6.07, 6.45) is 1.18. The molecule has 0 aliphatic carbocycles. The normalized spacial score (nSPS) is 14.4. The molecule has 96 valence electrons. The Morgan fingerprint density at radius 3 is 2.76 bits per heavy atom. The zero-order valence-electron chi connectivity index (χ0n) is 11.0. The summed E-state index contributed by atoms with van der Waals surface area (Å²) in [7, 11) is 0. The zero-order valence-corrected chi connectivity index (χ0v) is 11.9. The minimum atomic E-state index is -0.0142. The Morgan fingerprint density at radius 1 is 1.47 bits per heavy atom. The number of anilines is 1. The molecular formula is C13H22N2OS. The van der Waals surface area contributed by atoms with Gasteiger partial charge in [0.15, 0.2) is 0 Å². The second kappa shape index (κ2) is 6.77. The Hall–Kier alpha value is -0.870. The zero-order chi connectivity index (χ0) is 12.8. The predicted octanol–water partition coefficient (Wildman–Crippen LogP) is 3.23. The average Bonchev–Trinajstić information content (AvgIpc) is 2.71. The van der Waals surface area contributed by atoms with Gasteiger partial charge in [-0.05, 0) is 24.3 Å². The van der Waals surface area contributed by atoms with Crippen LogP contribution in [0.2, 0.25) is 0 Å². The maximum atomic E-state index is 11.0. The van der Waals surface area contributed by atoms with Crippen LogP contribution in [0.25, 0.3) is 0 Å². The number of hydrogen-bond donors (Lipinski definition) is 2. The largest absolute Gasteiger partial charge is 0.325 e. The Kier molecular flexibility index (Phi) is 5.65. The predicted molar refractivity (Wildman–Crippen MR) is 74.4 cm³/mol. The molecule has 0 aromatic carbocycles. The molecule has 2 N–H and O–H groups in total. The molecule has 0 aliphatic heterocycles. The fraction of sp³-hybridized carbons (Fsp3) is 0.615. The Balaban J connectivity index is 2.51. The van der Waals surface area contributed by atoms with E-state index in [1.165, 1.54) is 18.2 Å². The molecule has 0 radical (unpaired) electrons.